The highest BCUT2D eigenvalue weighted by molar-refractivity contribution is 5.75. The fraction of sp³-hybridized carbons (Fsp3) is 0.286. The summed E-state index contributed by atoms with van der Waals surface area (Å²) in [6.07, 6.45) is 3.79. The van der Waals surface area contributed by atoms with E-state index in [-0.39, 0.29) is 12.6 Å². The molecule has 0 aliphatic rings. The lowest BCUT2D eigenvalue weighted by Gasteiger charge is -2.14. The van der Waals surface area contributed by atoms with Gasteiger partial charge in [0, 0.05) is 30.6 Å². The number of nitrogens with one attached hydrogen (secondary N) is 1. The molecule has 3 N–H and O–H groups in total. The molecule has 6 nitrogen and oxygen atoms in total. The van der Waals surface area contributed by atoms with Gasteiger partial charge in [-0.05, 0) is 19.1 Å². The van der Waals surface area contributed by atoms with E-state index in [0.717, 1.165) is 11.3 Å². The first-order valence-electron chi connectivity index (χ1n) is 6.31. The molecule has 0 spiro atoms. The first-order chi connectivity index (χ1) is 9.54. The van der Waals surface area contributed by atoms with Gasteiger partial charge in [-0.3, -0.25) is 9.48 Å². The molecule has 0 saturated carbocycles. The van der Waals surface area contributed by atoms with E-state index in [2.05, 4.69) is 10.4 Å². The lowest BCUT2D eigenvalue weighted by Crippen LogP contribution is -2.20. The van der Waals surface area contributed by atoms with E-state index in [9.17, 15) is 4.79 Å². The van der Waals surface area contributed by atoms with Gasteiger partial charge in [-0.25, -0.2) is 0 Å². The molecule has 1 amide bonds. The number of hydrogen-bond donors (Lipinski definition) is 2. The molecule has 0 radical (unpaired) electrons. The summed E-state index contributed by atoms with van der Waals surface area (Å²) in [4.78, 5) is 10.7. The second-order valence-electron chi connectivity index (χ2n) is 4.60. The third kappa shape index (κ3) is 3.74. The largest absolute Gasteiger partial charge is 0.484 e. The highest BCUT2D eigenvalue weighted by Crippen LogP contribution is 2.22. The molecule has 1 heterocycles. The topological polar surface area (TPSA) is 82.2 Å². The van der Waals surface area contributed by atoms with E-state index < -0.39 is 5.91 Å². The molecule has 1 aromatic carbocycles. The average Bonchev–Trinajstić information content (AvgIpc) is 2.84. The number of rotatable bonds is 6. The predicted octanol–water partition coefficient (Wildman–Crippen LogP) is 1.46. The van der Waals surface area contributed by atoms with E-state index in [0.29, 0.717) is 5.75 Å². The fourth-order valence-corrected chi connectivity index (χ4v) is 1.83. The Labute approximate surface area is 117 Å². The maximum absolute atomic E-state index is 10.7. The van der Waals surface area contributed by atoms with Crippen molar-refractivity contribution in [3.8, 4) is 5.75 Å². The van der Waals surface area contributed by atoms with Crippen LogP contribution in [0.5, 0.6) is 5.75 Å². The summed E-state index contributed by atoms with van der Waals surface area (Å²) >= 11 is 0. The zero-order chi connectivity index (χ0) is 14.5. The molecule has 0 saturated heterocycles. The molecular formula is C14H18N4O2. The summed E-state index contributed by atoms with van der Waals surface area (Å²) in [7, 11) is 1.88. The van der Waals surface area contributed by atoms with E-state index in [4.69, 9.17) is 10.5 Å². The molecule has 20 heavy (non-hydrogen) atoms. The van der Waals surface area contributed by atoms with Crippen molar-refractivity contribution >= 4 is 11.6 Å². The van der Waals surface area contributed by atoms with Crippen molar-refractivity contribution in [2.45, 2.75) is 13.0 Å². The lowest BCUT2D eigenvalue weighted by molar-refractivity contribution is -0.119. The second-order valence-corrected chi connectivity index (χ2v) is 4.60. The predicted molar refractivity (Wildman–Crippen MR) is 76.4 cm³/mol. The van der Waals surface area contributed by atoms with E-state index in [1.54, 1.807) is 10.7 Å². The van der Waals surface area contributed by atoms with Crippen LogP contribution in [-0.2, 0) is 11.8 Å². The number of carbonyl (C=O) groups is 1. The normalized spacial score (nSPS) is 11.9. The Morgan fingerprint density at radius 1 is 1.55 bits per heavy atom. The molecule has 1 aromatic heterocycles. The number of aromatic nitrogens is 2. The smallest absolute Gasteiger partial charge is 0.255 e. The SMILES string of the molecule is CC(Nc1cccc(OCC(N)=O)c1)c1cnn(C)c1. The Bertz CT molecular complexity index is 594. The van der Waals surface area contributed by atoms with Crippen molar-refractivity contribution in [2.75, 3.05) is 11.9 Å². The monoisotopic (exact) mass is 274 g/mol. The van der Waals surface area contributed by atoms with E-state index in [1.165, 1.54) is 0 Å². The van der Waals surface area contributed by atoms with Crippen LogP contribution in [0, 0.1) is 0 Å². The van der Waals surface area contributed by atoms with Crippen molar-refractivity contribution in [1.29, 1.82) is 0 Å². The Morgan fingerprint density at radius 3 is 3.00 bits per heavy atom. The standard InChI is InChI=1S/C14H18N4O2/c1-10(11-7-16-18(2)8-11)17-12-4-3-5-13(6-12)20-9-14(15)19/h3-8,10,17H,9H2,1-2H3,(H2,15,19). The molecule has 0 aliphatic heterocycles. The first kappa shape index (κ1) is 13.9. The maximum Gasteiger partial charge on any atom is 0.255 e. The summed E-state index contributed by atoms with van der Waals surface area (Å²) in [6, 6.07) is 7.52. The lowest BCUT2D eigenvalue weighted by atomic mass is 10.2. The van der Waals surface area contributed by atoms with Gasteiger partial charge < -0.3 is 15.8 Å². The van der Waals surface area contributed by atoms with Crippen LogP contribution in [0.3, 0.4) is 0 Å². The van der Waals surface area contributed by atoms with Gasteiger partial charge in [0.25, 0.3) is 5.91 Å². The van der Waals surface area contributed by atoms with Gasteiger partial charge in [0.2, 0.25) is 0 Å². The van der Waals surface area contributed by atoms with Crippen LogP contribution < -0.4 is 15.8 Å². The number of amides is 1. The first-order valence-corrected chi connectivity index (χ1v) is 6.31. The van der Waals surface area contributed by atoms with Crippen LogP contribution in [0.4, 0.5) is 5.69 Å². The van der Waals surface area contributed by atoms with Crippen molar-refractivity contribution in [3.63, 3.8) is 0 Å². The highest BCUT2D eigenvalue weighted by atomic mass is 16.5. The van der Waals surface area contributed by atoms with Gasteiger partial charge in [0.1, 0.15) is 5.75 Å². The number of hydrogen-bond acceptors (Lipinski definition) is 4. The summed E-state index contributed by atoms with van der Waals surface area (Å²) < 4.78 is 7.03. The third-order valence-electron chi connectivity index (χ3n) is 2.82. The molecule has 0 aliphatic carbocycles. The number of nitrogens with two attached hydrogens (primary N) is 1. The Hall–Kier alpha value is -2.50. The number of carbonyl (C=O) groups excluding carboxylic acids is 1. The van der Waals surface area contributed by atoms with Crippen molar-refractivity contribution < 1.29 is 9.53 Å². The van der Waals surface area contributed by atoms with Crippen LogP contribution >= 0.6 is 0 Å². The number of primary amides is 1. The molecule has 0 bridgehead atoms. The van der Waals surface area contributed by atoms with Crippen LogP contribution in [0.2, 0.25) is 0 Å². The number of nitrogens with zero attached hydrogens (tertiary/aromatic N) is 2. The molecular weight excluding hydrogens is 256 g/mol. The second kappa shape index (κ2) is 6.10. The molecule has 2 aromatic rings. The Balaban J connectivity index is 2.02. The van der Waals surface area contributed by atoms with Gasteiger partial charge >= 0.3 is 0 Å². The van der Waals surface area contributed by atoms with Crippen molar-refractivity contribution in [2.24, 2.45) is 12.8 Å². The van der Waals surface area contributed by atoms with Gasteiger partial charge in [-0.2, -0.15) is 5.10 Å². The minimum atomic E-state index is -0.493. The van der Waals surface area contributed by atoms with Crippen LogP contribution in [-0.4, -0.2) is 22.3 Å². The van der Waals surface area contributed by atoms with Gasteiger partial charge in [0.05, 0.1) is 12.2 Å². The number of aryl methyl sites for hydroxylation is 1. The molecule has 1 unspecified atom stereocenters. The quantitative estimate of drug-likeness (QED) is 0.835. The van der Waals surface area contributed by atoms with Gasteiger partial charge in [0.15, 0.2) is 6.61 Å². The maximum atomic E-state index is 10.7. The van der Waals surface area contributed by atoms with Crippen LogP contribution in [0.1, 0.15) is 18.5 Å². The van der Waals surface area contributed by atoms with E-state index in [1.807, 2.05) is 44.6 Å². The van der Waals surface area contributed by atoms with Crippen LogP contribution in [0.25, 0.3) is 0 Å². The Morgan fingerprint density at radius 2 is 2.35 bits per heavy atom. The number of anilines is 1. The fourth-order valence-electron chi connectivity index (χ4n) is 1.83. The number of benzene rings is 1. The minimum absolute atomic E-state index is 0.120. The van der Waals surface area contributed by atoms with Gasteiger partial charge in [-0.15, -0.1) is 0 Å². The van der Waals surface area contributed by atoms with Crippen LogP contribution in [0.15, 0.2) is 36.7 Å². The average molecular weight is 274 g/mol. The Kier molecular flexibility index (Phi) is 4.24. The van der Waals surface area contributed by atoms with Gasteiger partial charge in [-0.1, -0.05) is 6.07 Å². The molecule has 6 heteroatoms. The van der Waals surface area contributed by atoms with E-state index >= 15 is 0 Å². The highest BCUT2D eigenvalue weighted by Gasteiger charge is 2.08. The zero-order valence-corrected chi connectivity index (χ0v) is 11.5. The van der Waals surface area contributed by atoms with Crippen molar-refractivity contribution in [1.82, 2.24) is 9.78 Å². The minimum Gasteiger partial charge on any atom is -0.484 e. The summed E-state index contributed by atoms with van der Waals surface area (Å²) in [6.45, 7) is 1.93. The molecule has 1 atom stereocenters. The summed E-state index contributed by atoms with van der Waals surface area (Å²) in [5, 5.41) is 7.50. The number of ether oxygens (including phenoxy) is 1. The van der Waals surface area contributed by atoms with Crippen molar-refractivity contribution in [3.05, 3.63) is 42.2 Å². The molecule has 0 fully saturated rings. The summed E-state index contributed by atoms with van der Waals surface area (Å²) in [5.41, 5.74) is 7.05. The molecule has 106 valence electrons. The molecule has 2 rings (SSSR count). The third-order valence-corrected chi connectivity index (χ3v) is 2.82. The zero-order valence-electron chi connectivity index (χ0n) is 11.5. The summed E-state index contributed by atoms with van der Waals surface area (Å²) in [5.74, 6) is 0.110.